The molecule has 7 nitrogen and oxygen atoms in total. The van der Waals surface area contributed by atoms with E-state index in [1.54, 1.807) is 23.2 Å². The molecule has 4 rings (SSSR count). The van der Waals surface area contributed by atoms with Crippen LogP contribution in [0.15, 0.2) is 47.4 Å². The van der Waals surface area contributed by atoms with Crippen LogP contribution in [0.1, 0.15) is 49.4 Å². The van der Waals surface area contributed by atoms with E-state index >= 15 is 0 Å². The number of hydrogen-bond acceptors (Lipinski definition) is 5. The summed E-state index contributed by atoms with van der Waals surface area (Å²) in [6, 6.07) is 11.0. The molecule has 8 heteroatoms. The summed E-state index contributed by atoms with van der Waals surface area (Å²) in [5, 5.41) is 0.864. The van der Waals surface area contributed by atoms with E-state index in [9.17, 15) is 14.0 Å². The lowest BCUT2D eigenvalue weighted by atomic mass is 10.0. The molecule has 1 aliphatic rings. The minimum absolute atomic E-state index is 0.225. The summed E-state index contributed by atoms with van der Waals surface area (Å²) < 4.78 is 26.9. The van der Waals surface area contributed by atoms with Crippen LogP contribution < -0.4 is 19.9 Å². The number of benzene rings is 2. The predicted molar refractivity (Wildman–Crippen MR) is 145 cm³/mol. The number of rotatable bonds is 9. The summed E-state index contributed by atoms with van der Waals surface area (Å²) >= 11 is 0. The van der Waals surface area contributed by atoms with Gasteiger partial charge in [0, 0.05) is 44.5 Å². The molecular formula is C29H36FN3O4. The monoisotopic (exact) mass is 509 g/mol. The highest BCUT2D eigenvalue weighted by molar-refractivity contribution is 6.07. The van der Waals surface area contributed by atoms with E-state index in [1.807, 2.05) is 43.3 Å². The van der Waals surface area contributed by atoms with Gasteiger partial charge in [0.25, 0.3) is 11.5 Å². The lowest BCUT2D eigenvalue weighted by Gasteiger charge is -2.29. The molecule has 3 aromatic rings. The van der Waals surface area contributed by atoms with Gasteiger partial charge in [0.2, 0.25) is 0 Å². The first-order valence-electron chi connectivity index (χ1n) is 12.9. The first kappa shape index (κ1) is 26.5. The molecule has 1 fully saturated rings. The molecule has 1 saturated heterocycles. The van der Waals surface area contributed by atoms with E-state index in [2.05, 4.69) is 6.92 Å². The number of piperidine rings is 1. The third-order valence-corrected chi connectivity index (χ3v) is 6.87. The van der Waals surface area contributed by atoms with Crippen LogP contribution in [-0.4, -0.2) is 62.4 Å². The van der Waals surface area contributed by atoms with Crippen LogP contribution in [-0.2, 0) is 0 Å². The van der Waals surface area contributed by atoms with Crippen LogP contribution in [0.2, 0.25) is 0 Å². The van der Waals surface area contributed by atoms with Gasteiger partial charge >= 0.3 is 0 Å². The lowest BCUT2D eigenvalue weighted by Crippen LogP contribution is -2.39. The zero-order valence-corrected chi connectivity index (χ0v) is 22.1. The van der Waals surface area contributed by atoms with Crippen molar-refractivity contribution in [2.75, 3.05) is 45.8 Å². The number of anilines is 1. The zero-order valence-electron chi connectivity index (χ0n) is 22.1. The number of ether oxygens (including phenoxy) is 2. The number of carbonyl (C=O) groups is 1. The number of halogens is 1. The van der Waals surface area contributed by atoms with E-state index in [1.165, 1.54) is 11.7 Å². The summed E-state index contributed by atoms with van der Waals surface area (Å²) in [5.74, 6) is 0.712. The average Bonchev–Trinajstić information content (AvgIpc) is 2.91. The van der Waals surface area contributed by atoms with Gasteiger partial charge in [-0.2, -0.15) is 0 Å². The zero-order chi connectivity index (χ0) is 26.5. The summed E-state index contributed by atoms with van der Waals surface area (Å²) in [6.45, 7) is 3.32. The Bertz CT molecular complexity index is 1310. The molecule has 0 bridgehead atoms. The van der Waals surface area contributed by atoms with Gasteiger partial charge in [0.05, 0.1) is 30.4 Å². The molecule has 0 atom stereocenters. The Morgan fingerprint density at radius 2 is 1.81 bits per heavy atom. The topological polar surface area (TPSA) is 64.0 Å². The molecule has 0 saturated carbocycles. The average molecular weight is 510 g/mol. The number of nitrogens with zero attached hydrogens (tertiary/aromatic N) is 3. The molecule has 2 heterocycles. The minimum Gasteiger partial charge on any atom is -0.493 e. The van der Waals surface area contributed by atoms with Gasteiger partial charge in [-0.1, -0.05) is 25.8 Å². The molecule has 1 aromatic heterocycles. The molecule has 0 radical (unpaired) electrons. The minimum atomic E-state index is -0.893. The van der Waals surface area contributed by atoms with Gasteiger partial charge in [-0.15, -0.1) is 0 Å². The second kappa shape index (κ2) is 11.7. The number of unbranched alkanes of at least 4 members (excludes halogenated alkanes) is 2. The Morgan fingerprint density at radius 3 is 2.49 bits per heavy atom. The third kappa shape index (κ3) is 5.73. The number of hydrogen-bond donors (Lipinski definition) is 0. The summed E-state index contributed by atoms with van der Waals surface area (Å²) in [6.07, 6.45) is 4.35. The molecule has 198 valence electrons. The largest absolute Gasteiger partial charge is 0.493 e. The van der Waals surface area contributed by atoms with Crippen LogP contribution in [0.25, 0.3) is 16.5 Å². The van der Waals surface area contributed by atoms with Crippen LogP contribution in [0, 0.1) is 0 Å². The second-order valence-electron chi connectivity index (χ2n) is 9.70. The standard InChI is InChI=1S/C29H36FN3O4/c1-5-6-7-15-37-27-17-23-24(18-26(27)36-4)29(35)33(22-10-8-9-21(16-22)31(2)3)19-25(23)28(34)32-13-11-20(30)12-14-32/h8-10,16-20H,5-7,11-15H2,1-4H3. The van der Waals surface area contributed by atoms with E-state index in [-0.39, 0.29) is 11.5 Å². The van der Waals surface area contributed by atoms with Crippen molar-refractivity contribution in [3.63, 3.8) is 0 Å². The number of likely N-dealkylation sites (tertiary alicyclic amines) is 1. The number of pyridine rings is 1. The SMILES string of the molecule is CCCCCOc1cc2c(C(=O)N3CCC(F)CC3)cn(-c3cccc(N(C)C)c3)c(=O)c2cc1OC. The number of carbonyl (C=O) groups excluding carboxylic acids is 1. The van der Waals surface area contributed by atoms with Crippen molar-refractivity contribution in [2.45, 2.75) is 45.2 Å². The highest BCUT2D eigenvalue weighted by Gasteiger charge is 2.26. The van der Waals surface area contributed by atoms with Crippen LogP contribution >= 0.6 is 0 Å². The molecule has 37 heavy (non-hydrogen) atoms. The summed E-state index contributed by atoms with van der Waals surface area (Å²) in [5.41, 5.74) is 1.69. The van der Waals surface area contributed by atoms with Crippen molar-refractivity contribution in [1.82, 2.24) is 9.47 Å². The molecule has 0 unspecified atom stereocenters. The van der Waals surface area contributed by atoms with Crippen molar-refractivity contribution >= 4 is 22.4 Å². The molecule has 1 aliphatic heterocycles. The highest BCUT2D eigenvalue weighted by atomic mass is 19.1. The van der Waals surface area contributed by atoms with Crippen molar-refractivity contribution in [3.8, 4) is 17.2 Å². The molecule has 1 amide bonds. The Labute approximate surface area is 217 Å². The maximum atomic E-state index is 13.8. The van der Waals surface area contributed by atoms with Crippen molar-refractivity contribution in [2.24, 2.45) is 0 Å². The lowest BCUT2D eigenvalue weighted by molar-refractivity contribution is 0.0668. The Kier molecular flexibility index (Phi) is 8.36. The molecule has 0 spiro atoms. The number of methoxy groups -OCH3 is 1. The fraction of sp³-hybridized carbons (Fsp3) is 0.448. The fourth-order valence-electron chi connectivity index (χ4n) is 4.66. The fourth-order valence-corrected chi connectivity index (χ4v) is 4.66. The second-order valence-corrected chi connectivity index (χ2v) is 9.70. The summed E-state index contributed by atoms with van der Waals surface area (Å²) in [4.78, 5) is 31.1. The van der Waals surface area contributed by atoms with Crippen LogP contribution in [0.4, 0.5) is 10.1 Å². The Morgan fingerprint density at radius 1 is 1.08 bits per heavy atom. The number of amides is 1. The van der Waals surface area contributed by atoms with Crippen molar-refractivity contribution < 1.29 is 18.7 Å². The van der Waals surface area contributed by atoms with Gasteiger partial charge in [0.15, 0.2) is 11.5 Å². The quantitative estimate of drug-likeness (QED) is 0.371. The van der Waals surface area contributed by atoms with Gasteiger partial charge in [-0.3, -0.25) is 14.2 Å². The highest BCUT2D eigenvalue weighted by Crippen LogP contribution is 2.34. The van der Waals surface area contributed by atoms with Crippen LogP contribution in [0.3, 0.4) is 0 Å². The maximum Gasteiger partial charge on any atom is 0.263 e. The van der Waals surface area contributed by atoms with Gasteiger partial charge in [0.1, 0.15) is 6.17 Å². The van der Waals surface area contributed by atoms with E-state index < -0.39 is 6.17 Å². The predicted octanol–water partition coefficient (Wildman–Crippen LogP) is 5.21. The number of fused-ring (bicyclic) bond motifs is 1. The molecule has 0 aliphatic carbocycles. The third-order valence-electron chi connectivity index (χ3n) is 6.87. The number of aromatic nitrogens is 1. The summed E-state index contributed by atoms with van der Waals surface area (Å²) in [7, 11) is 5.40. The normalized spacial score (nSPS) is 14.1. The first-order chi connectivity index (χ1) is 17.8. The molecule has 2 aromatic carbocycles. The Hall–Kier alpha value is -3.55. The molecule has 0 N–H and O–H groups in total. The molecular weight excluding hydrogens is 473 g/mol. The van der Waals surface area contributed by atoms with E-state index in [4.69, 9.17) is 9.47 Å². The van der Waals surface area contributed by atoms with Crippen molar-refractivity contribution in [3.05, 3.63) is 58.5 Å². The van der Waals surface area contributed by atoms with Gasteiger partial charge < -0.3 is 19.3 Å². The van der Waals surface area contributed by atoms with Gasteiger partial charge in [-0.25, -0.2) is 4.39 Å². The maximum absolute atomic E-state index is 13.8. The van der Waals surface area contributed by atoms with Crippen LogP contribution in [0.5, 0.6) is 11.5 Å². The van der Waals surface area contributed by atoms with Crippen molar-refractivity contribution in [1.29, 1.82) is 0 Å². The first-order valence-corrected chi connectivity index (χ1v) is 12.9. The smallest absolute Gasteiger partial charge is 0.263 e. The Balaban J connectivity index is 1.89. The van der Waals surface area contributed by atoms with E-state index in [0.29, 0.717) is 66.1 Å². The number of alkyl halides is 1. The van der Waals surface area contributed by atoms with E-state index in [0.717, 1.165) is 24.9 Å². The van der Waals surface area contributed by atoms with Gasteiger partial charge in [-0.05, 0) is 49.6 Å².